The summed E-state index contributed by atoms with van der Waals surface area (Å²) in [6.45, 7) is 5.99. The van der Waals surface area contributed by atoms with Gasteiger partial charge in [-0.05, 0) is 13.8 Å². The number of aliphatic hydroxyl groups excluding tert-OH is 2. The van der Waals surface area contributed by atoms with E-state index in [1.54, 1.807) is 0 Å². The van der Waals surface area contributed by atoms with Gasteiger partial charge in [-0.2, -0.15) is 0 Å². The van der Waals surface area contributed by atoms with Gasteiger partial charge in [-0.15, -0.1) is 0 Å². The number of hydrogen-bond donors (Lipinski definition) is 5. The molecule has 0 spiro atoms. The molecule has 0 aliphatic rings. The molecule has 1 unspecified atom stereocenters. The summed E-state index contributed by atoms with van der Waals surface area (Å²) in [6.07, 6.45) is -1.89. The van der Waals surface area contributed by atoms with Crippen molar-refractivity contribution in [3.63, 3.8) is 0 Å². The van der Waals surface area contributed by atoms with Gasteiger partial charge in [0.2, 0.25) is 0 Å². The van der Waals surface area contributed by atoms with Gasteiger partial charge >= 0.3 is 12.1 Å². The van der Waals surface area contributed by atoms with E-state index in [0.717, 1.165) is 0 Å². The van der Waals surface area contributed by atoms with Gasteiger partial charge in [-0.3, -0.25) is 0 Å². The van der Waals surface area contributed by atoms with E-state index in [4.69, 9.17) is 25.2 Å². The zero-order valence-electron chi connectivity index (χ0n) is 8.67. The molecule has 0 aliphatic heterocycles. The standard InChI is InChI=1S/C4H6O2.C3H8O2.CH3NO2/c1-3(2)4(5)6;1-3(5)2-4;2-1(3)4/h1H2,2H3,(H,5,6);3-5H,2H2,1H3;2H2,(H,3,4). The first-order valence-corrected chi connectivity index (χ1v) is 3.81. The van der Waals surface area contributed by atoms with Gasteiger partial charge in [0.05, 0.1) is 12.7 Å². The van der Waals surface area contributed by atoms with Gasteiger partial charge in [0.25, 0.3) is 0 Å². The van der Waals surface area contributed by atoms with Crippen LogP contribution in [0.2, 0.25) is 0 Å². The summed E-state index contributed by atoms with van der Waals surface area (Å²) in [4.78, 5) is 18.4. The molecule has 0 rings (SSSR count). The van der Waals surface area contributed by atoms with Gasteiger partial charge in [0.1, 0.15) is 0 Å². The van der Waals surface area contributed by atoms with Gasteiger partial charge in [-0.1, -0.05) is 6.58 Å². The Morgan fingerprint density at radius 2 is 1.53 bits per heavy atom. The molecule has 6 N–H and O–H groups in total. The summed E-state index contributed by atoms with van der Waals surface area (Å²) >= 11 is 0. The third-order valence-electron chi connectivity index (χ3n) is 0.629. The van der Waals surface area contributed by atoms with Crippen molar-refractivity contribution in [1.82, 2.24) is 0 Å². The minimum Gasteiger partial charge on any atom is -0.478 e. The number of nitrogens with two attached hydrogens (primary N) is 1. The maximum atomic E-state index is 9.60. The lowest BCUT2D eigenvalue weighted by Crippen LogP contribution is -2.03. The second-order valence-electron chi connectivity index (χ2n) is 2.46. The molecule has 0 saturated heterocycles. The Labute approximate surface area is 87.5 Å². The molecular formula is C8H17NO6. The van der Waals surface area contributed by atoms with Crippen LogP contribution in [0.15, 0.2) is 12.2 Å². The van der Waals surface area contributed by atoms with Crippen LogP contribution in [0.5, 0.6) is 0 Å². The molecule has 7 nitrogen and oxygen atoms in total. The fourth-order valence-electron chi connectivity index (χ4n) is 0. The van der Waals surface area contributed by atoms with E-state index in [-0.39, 0.29) is 12.2 Å². The molecule has 0 radical (unpaired) electrons. The Morgan fingerprint density at radius 1 is 1.40 bits per heavy atom. The minimum atomic E-state index is -1.33. The van der Waals surface area contributed by atoms with E-state index in [1.165, 1.54) is 13.8 Å². The zero-order chi connectivity index (χ0) is 13.0. The van der Waals surface area contributed by atoms with E-state index in [1.807, 2.05) is 0 Å². The van der Waals surface area contributed by atoms with Crippen LogP contribution in [-0.4, -0.2) is 45.2 Å². The fourth-order valence-corrected chi connectivity index (χ4v) is 0. The van der Waals surface area contributed by atoms with Crippen LogP contribution in [0.1, 0.15) is 13.8 Å². The number of aliphatic hydroxyl groups is 2. The second kappa shape index (κ2) is 12.4. The number of carbonyl (C=O) groups is 2. The lowest BCUT2D eigenvalue weighted by Gasteiger charge is -1.90. The van der Waals surface area contributed by atoms with Crippen LogP contribution in [0, 0.1) is 0 Å². The number of primary amides is 1. The Balaban J connectivity index is -0.000000147. The molecule has 7 heteroatoms. The van der Waals surface area contributed by atoms with Crippen LogP contribution in [0.25, 0.3) is 0 Å². The number of rotatable bonds is 2. The number of aliphatic carboxylic acids is 1. The first-order valence-electron chi connectivity index (χ1n) is 3.81. The topological polar surface area (TPSA) is 141 Å². The average molecular weight is 223 g/mol. The van der Waals surface area contributed by atoms with Crippen molar-refractivity contribution in [2.75, 3.05) is 6.61 Å². The van der Waals surface area contributed by atoms with Crippen LogP contribution in [0.4, 0.5) is 4.79 Å². The van der Waals surface area contributed by atoms with Crippen LogP contribution in [-0.2, 0) is 4.79 Å². The molecule has 0 heterocycles. The molecule has 0 aromatic carbocycles. The van der Waals surface area contributed by atoms with Crippen molar-refractivity contribution in [2.45, 2.75) is 20.0 Å². The van der Waals surface area contributed by atoms with E-state index in [0.29, 0.717) is 0 Å². The third-order valence-corrected chi connectivity index (χ3v) is 0.629. The van der Waals surface area contributed by atoms with E-state index < -0.39 is 18.2 Å². The van der Waals surface area contributed by atoms with Crippen molar-refractivity contribution in [1.29, 1.82) is 0 Å². The molecule has 0 aromatic rings. The van der Waals surface area contributed by atoms with Crippen LogP contribution >= 0.6 is 0 Å². The van der Waals surface area contributed by atoms with E-state index >= 15 is 0 Å². The monoisotopic (exact) mass is 223 g/mol. The summed E-state index contributed by atoms with van der Waals surface area (Å²) in [5.74, 6) is -0.935. The van der Waals surface area contributed by atoms with E-state index in [9.17, 15) is 4.79 Å². The van der Waals surface area contributed by atoms with Crippen molar-refractivity contribution >= 4 is 12.1 Å². The Morgan fingerprint density at radius 3 is 1.53 bits per heavy atom. The predicted octanol–water partition coefficient (Wildman–Crippen LogP) is -0.370. The molecule has 0 fully saturated rings. The van der Waals surface area contributed by atoms with Gasteiger partial charge in [0.15, 0.2) is 0 Å². The van der Waals surface area contributed by atoms with Crippen molar-refractivity contribution in [3.8, 4) is 0 Å². The first-order chi connectivity index (χ1) is 6.64. The molecule has 15 heavy (non-hydrogen) atoms. The fraction of sp³-hybridized carbons (Fsp3) is 0.500. The molecule has 90 valence electrons. The van der Waals surface area contributed by atoms with Gasteiger partial charge in [0, 0.05) is 5.57 Å². The highest BCUT2D eigenvalue weighted by Gasteiger charge is 1.90. The third kappa shape index (κ3) is 69.3. The van der Waals surface area contributed by atoms with Gasteiger partial charge < -0.3 is 26.2 Å². The Kier molecular flexibility index (Phi) is 15.7. The number of carboxylic acids is 1. The summed E-state index contributed by atoms with van der Waals surface area (Å²) in [5.41, 5.74) is 4.20. The van der Waals surface area contributed by atoms with Crippen molar-refractivity contribution < 1.29 is 30.0 Å². The highest BCUT2D eigenvalue weighted by atomic mass is 16.4. The lowest BCUT2D eigenvalue weighted by molar-refractivity contribution is -0.132. The maximum Gasteiger partial charge on any atom is 0.402 e. The van der Waals surface area contributed by atoms with Crippen LogP contribution in [0.3, 0.4) is 0 Å². The number of hydrogen-bond acceptors (Lipinski definition) is 4. The van der Waals surface area contributed by atoms with Crippen molar-refractivity contribution in [2.24, 2.45) is 5.73 Å². The van der Waals surface area contributed by atoms with Crippen molar-refractivity contribution in [3.05, 3.63) is 12.2 Å². The number of amides is 1. The summed E-state index contributed by atoms with van der Waals surface area (Å²) in [5, 5.41) is 31.1. The number of carboxylic acid groups (broad SMARTS) is 2. The Bertz CT molecular complexity index is 185. The summed E-state index contributed by atoms with van der Waals surface area (Å²) in [6, 6.07) is 0. The van der Waals surface area contributed by atoms with E-state index in [2.05, 4.69) is 12.3 Å². The lowest BCUT2D eigenvalue weighted by atomic mass is 10.4. The molecule has 1 atom stereocenters. The normalized spacial score (nSPS) is 9.60. The molecule has 0 aliphatic carbocycles. The smallest absolute Gasteiger partial charge is 0.402 e. The zero-order valence-corrected chi connectivity index (χ0v) is 8.67. The quantitative estimate of drug-likeness (QED) is 0.404. The Hall–Kier alpha value is -1.60. The van der Waals surface area contributed by atoms with Crippen LogP contribution < -0.4 is 5.73 Å². The SMILES string of the molecule is C=C(C)C(=O)O.CC(O)CO.NC(=O)O. The molecule has 0 bridgehead atoms. The maximum absolute atomic E-state index is 9.60. The molecule has 0 aromatic heterocycles. The highest BCUT2D eigenvalue weighted by molar-refractivity contribution is 5.84. The molecule has 0 saturated carbocycles. The minimum absolute atomic E-state index is 0.139. The molecule has 1 amide bonds. The average Bonchev–Trinajstić information content (AvgIpc) is 2.04. The first kappa shape index (κ1) is 19.0. The predicted molar refractivity (Wildman–Crippen MR) is 53.4 cm³/mol. The second-order valence-corrected chi connectivity index (χ2v) is 2.46. The molecular weight excluding hydrogens is 206 g/mol. The summed E-state index contributed by atoms with van der Waals surface area (Å²) < 4.78 is 0. The summed E-state index contributed by atoms with van der Waals surface area (Å²) in [7, 11) is 0. The highest BCUT2D eigenvalue weighted by Crippen LogP contribution is 1.81. The van der Waals surface area contributed by atoms with Gasteiger partial charge in [-0.25, -0.2) is 9.59 Å². The largest absolute Gasteiger partial charge is 0.478 e.